The molecule has 0 spiro atoms. The third-order valence-electron chi connectivity index (χ3n) is 1.64. The number of rotatable bonds is 3. The van der Waals surface area contributed by atoms with Crippen molar-refractivity contribution < 1.29 is 23.8 Å². The SMILES string of the molecule is C[C@H]1C[C@@H](OCP(=O)(O)O)CO1. The first-order chi connectivity index (χ1) is 5.47. The van der Waals surface area contributed by atoms with E-state index >= 15 is 0 Å². The zero-order chi connectivity index (χ0) is 9.19. The van der Waals surface area contributed by atoms with E-state index in [9.17, 15) is 4.57 Å². The van der Waals surface area contributed by atoms with Crippen molar-refractivity contribution in [1.29, 1.82) is 0 Å². The Morgan fingerprint density at radius 3 is 2.75 bits per heavy atom. The summed E-state index contributed by atoms with van der Waals surface area (Å²) < 4.78 is 20.5. The summed E-state index contributed by atoms with van der Waals surface area (Å²) in [6.07, 6.45) is 0.174. The lowest BCUT2D eigenvalue weighted by Crippen LogP contribution is -2.13. The molecule has 0 saturated carbocycles. The highest BCUT2D eigenvalue weighted by molar-refractivity contribution is 7.51. The number of ether oxygens (including phenoxy) is 2. The number of hydrogen-bond donors (Lipinski definition) is 2. The fourth-order valence-corrected chi connectivity index (χ4v) is 1.50. The molecule has 1 fully saturated rings. The van der Waals surface area contributed by atoms with Crippen LogP contribution >= 0.6 is 7.60 Å². The van der Waals surface area contributed by atoms with E-state index in [1.54, 1.807) is 0 Å². The molecule has 1 saturated heterocycles. The molecule has 12 heavy (non-hydrogen) atoms. The van der Waals surface area contributed by atoms with Crippen LogP contribution in [0.15, 0.2) is 0 Å². The zero-order valence-corrected chi connectivity index (χ0v) is 7.74. The maximum absolute atomic E-state index is 10.4. The van der Waals surface area contributed by atoms with Crippen LogP contribution in [0.4, 0.5) is 0 Å². The van der Waals surface area contributed by atoms with Crippen molar-refractivity contribution in [3.05, 3.63) is 0 Å². The first kappa shape index (κ1) is 10.2. The molecule has 2 N–H and O–H groups in total. The standard InChI is InChI=1S/C6H13O5P/c1-5-2-6(3-10-5)11-4-12(7,8)9/h5-6H,2-4H2,1H3,(H2,7,8,9)/t5-,6+/m0/s1. The average Bonchev–Trinajstić information content (AvgIpc) is 2.30. The van der Waals surface area contributed by atoms with Gasteiger partial charge in [-0.05, 0) is 6.92 Å². The first-order valence-corrected chi connectivity index (χ1v) is 5.55. The molecule has 72 valence electrons. The smallest absolute Gasteiger partial charge is 0.350 e. The van der Waals surface area contributed by atoms with Crippen LogP contribution in [0.25, 0.3) is 0 Å². The second kappa shape index (κ2) is 3.85. The Morgan fingerprint density at radius 1 is 1.67 bits per heavy atom. The summed E-state index contributed by atoms with van der Waals surface area (Å²) in [5.74, 6) is 0. The molecule has 1 heterocycles. The van der Waals surface area contributed by atoms with Gasteiger partial charge >= 0.3 is 7.60 Å². The molecule has 6 heteroatoms. The van der Waals surface area contributed by atoms with Crippen LogP contribution in [0.5, 0.6) is 0 Å². The van der Waals surface area contributed by atoms with Crippen LogP contribution < -0.4 is 0 Å². The molecule has 0 unspecified atom stereocenters. The lowest BCUT2D eigenvalue weighted by molar-refractivity contribution is 0.0548. The van der Waals surface area contributed by atoms with E-state index in [1.807, 2.05) is 6.92 Å². The fourth-order valence-electron chi connectivity index (χ4n) is 1.10. The van der Waals surface area contributed by atoms with Gasteiger partial charge in [-0.1, -0.05) is 0 Å². The average molecular weight is 196 g/mol. The van der Waals surface area contributed by atoms with Crippen molar-refractivity contribution in [2.45, 2.75) is 25.6 Å². The third-order valence-corrected chi connectivity index (χ3v) is 2.13. The molecule has 0 aromatic rings. The van der Waals surface area contributed by atoms with E-state index in [0.29, 0.717) is 13.0 Å². The fraction of sp³-hybridized carbons (Fsp3) is 1.00. The van der Waals surface area contributed by atoms with Crippen LogP contribution in [0.2, 0.25) is 0 Å². The highest BCUT2D eigenvalue weighted by Gasteiger charge is 2.25. The highest BCUT2D eigenvalue weighted by atomic mass is 31.2. The molecule has 0 aliphatic carbocycles. The van der Waals surface area contributed by atoms with Gasteiger partial charge in [-0.3, -0.25) is 4.57 Å². The molecular formula is C6H13O5P. The monoisotopic (exact) mass is 196 g/mol. The minimum absolute atomic E-state index is 0.131. The van der Waals surface area contributed by atoms with Crippen LogP contribution in [-0.2, 0) is 14.0 Å². The highest BCUT2D eigenvalue weighted by Crippen LogP contribution is 2.35. The van der Waals surface area contributed by atoms with Gasteiger partial charge in [-0.15, -0.1) is 0 Å². The molecule has 0 amide bonds. The molecule has 1 aliphatic rings. The van der Waals surface area contributed by atoms with Gasteiger partial charge in [0.15, 0.2) is 0 Å². The molecule has 1 aliphatic heterocycles. The second-order valence-corrected chi connectivity index (χ2v) is 4.55. The van der Waals surface area contributed by atoms with Crippen molar-refractivity contribution in [3.63, 3.8) is 0 Å². The Bertz CT molecular complexity index is 188. The minimum atomic E-state index is -4.02. The summed E-state index contributed by atoms with van der Waals surface area (Å²) in [5.41, 5.74) is 0. The molecule has 0 radical (unpaired) electrons. The summed E-state index contributed by atoms with van der Waals surface area (Å²) in [6, 6.07) is 0. The van der Waals surface area contributed by atoms with Gasteiger partial charge in [-0.2, -0.15) is 0 Å². The van der Waals surface area contributed by atoms with E-state index in [1.165, 1.54) is 0 Å². The van der Waals surface area contributed by atoms with Gasteiger partial charge in [0.2, 0.25) is 0 Å². The van der Waals surface area contributed by atoms with Crippen molar-refractivity contribution in [2.75, 3.05) is 13.0 Å². The van der Waals surface area contributed by atoms with E-state index < -0.39 is 13.9 Å². The van der Waals surface area contributed by atoms with Crippen molar-refractivity contribution in [1.82, 2.24) is 0 Å². The summed E-state index contributed by atoms with van der Waals surface area (Å²) >= 11 is 0. The topological polar surface area (TPSA) is 76.0 Å². The second-order valence-electron chi connectivity index (χ2n) is 2.96. The van der Waals surface area contributed by atoms with E-state index in [0.717, 1.165) is 0 Å². The largest absolute Gasteiger partial charge is 0.376 e. The summed E-state index contributed by atoms with van der Waals surface area (Å²) in [4.78, 5) is 17.0. The molecule has 0 aromatic carbocycles. The van der Waals surface area contributed by atoms with Crippen molar-refractivity contribution >= 4 is 7.60 Å². The van der Waals surface area contributed by atoms with Crippen LogP contribution in [0.1, 0.15) is 13.3 Å². The van der Waals surface area contributed by atoms with Crippen molar-refractivity contribution in [2.24, 2.45) is 0 Å². The maximum atomic E-state index is 10.4. The lowest BCUT2D eigenvalue weighted by Gasteiger charge is -2.10. The van der Waals surface area contributed by atoms with Crippen LogP contribution in [-0.4, -0.2) is 34.9 Å². The molecule has 1 rings (SSSR count). The Hall–Kier alpha value is 0.0700. The number of hydrogen-bond acceptors (Lipinski definition) is 3. The molecule has 5 nitrogen and oxygen atoms in total. The predicted octanol–water partition coefficient (Wildman–Crippen LogP) is 0.316. The first-order valence-electron chi connectivity index (χ1n) is 3.75. The summed E-state index contributed by atoms with van der Waals surface area (Å²) in [6.45, 7) is 2.34. The lowest BCUT2D eigenvalue weighted by atomic mass is 10.2. The predicted molar refractivity (Wildman–Crippen MR) is 41.8 cm³/mol. The zero-order valence-electron chi connectivity index (χ0n) is 6.84. The van der Waals surface area contributed by atoms with Gasteiger partial charge in [0.05, 0.1) is 18.8 Å². The van der Waals surface area contributed by atoms with Gasteiger partial charge in [0.25, 0.3) is 0 Å². The normalized spacial score (nSPS) is 30.9. The summed E-state index contributed by atoms with van der Waals surface area (Å²) in [7, 11) is -4.02. The Balaban J connectivity index is 2.21. The minimum Gasteiger partial charge on any atom is -0.376 e. The van der Waals surface area contributed by atoms with Gasteiger partial charge in [-0.25, -0.2) is 0 Å². The third kappa shape index (κ3) is 3.65. The Labute approximate surface area is 70.8 Å². The van der Waals surface area contributed by atoms with Crippen LogP contribution in [0.3, 0.4) is 0 Å². The van der Waals surface area contributed by atoms with Gasteiger partial charge in [0.1, 0.15) is 6.35 Å². The molecule has 0 bridgehead atoms. The van der Waals surface area contributed by atoms with Gasteiger partial charge < -0.3 is 19.3 Å². The molecule has 0 aromatic heterocycles. The van der Waals surface area contributed by atoms with E-state index in [2.05, 4.69) is 0 Å². The van der Waals surface area contributed by atoms with Crippen molar-refractivity contribution in [3.8, 4) is 0 Å². The Morgan fingerprint density at radius 2 is 2.33 bits per heavy atom. The summed E-state index contributed by atoms with van der Waals surface area (Å²) in [5, 5.41) is 0. The Kier molecular flexibility index (Phi) is 3.26. The van der Waals surface area contributed by atoms with Gasteiger partial charge in [0, 0.05) is 6.42 Å². The van der Waals surface area contributed by atoms with Crippen LogP contribution in [0, 0.1) is 0 Å². The molecular weight excluding hydrogens is 183 g/mol. The van der Waals surface area contributed by atoms with E-state index in [4.69, 9.17) is 19.3 Å². The quantitative estimate of drug-likeness (QED) is 0.635. The molecule has 2 atom stereocenters. The maximum Gasteiger partial charge on any atom is 0.350 e. The van der Waals surface area contributed by atoms with E-state index in [-0.39, 0.29) is 12.2 Å².